The molecule has 0 spiro atoms. The van der Waals surface area contributed by atoms with E-state index in [1.54, 1.807) is 12.1 Å². The number of carbonyl (C=O) groups excluding carboxylic acids is 1. The van der Waals surface area contributed by atoms with Crippen LogP contribution in [0.1, 0.15) is 38.5 Å². The number of hydrogen-bond donors (Lipinski definition) is 2. The van der Waals surface area contributed by atoms with Crippen LogP contribution in [0.3, 0.4) is 0 Å². The highest BCUT2D eigenvalue weighted by molar-refractivity contribution is 7.93. The minimum atomic E-state index is -3.76. The zero-order chi connectivity index (χ0) is 17.2. The topological polar surface area (TPSA) is 75.3 Å². The fraction of sp³-hybridized carbons (Fsp3) is 0.588. The molecular formula is C17H23ClN2O3S. The maximum atomic E-state index is 13.2. The normalized spacial score (nSPS) is 23.8. The Bertz CT molecular complexity index is 691. The van der Waals surface area contributed by atoms with Crippen LogP contribution in [-0.4, -0.2) is 38.2 Å². The molecular weight excluding hydrogens is 348 g/mol. The molecule has 1 atom stereocenters. The van der Waals surface area contributed by atoms with E-state index in [0.717, 1.165) is 32.2 Å². The van der Waals surface area contributed by atoms with Gasteiger partial charge in [0.2, 0.25) is 5.91 Å². The van der Waals surface area contributed by atoms with E-state index >= 15 is 0 Å². The molecule has 2 aliphatic rings. The Morgan fingerprint density at radius 2 is 1.83 bits per heavy atom. The van der Waals surface area contributed by atoms with Crippen molar-refractivity contribution in [3.05, 3.63) is 29.3 Å². The Morgan fingerprint density at radius 1 is 1.17 bits per heavy atom. The van der Waals surface area contributed by atoms with Crippen molar-refractivity contribution in [1.82, 2.24) is 10.6 Å². The number of benzene rings is 1. The third-order valence-electron chi connectivity index (χ3n) is 5.10. The number of amides is 1. The van der Waals surface area contributed by atoms with Crippen molar-refractivity contribution in [2.24, 2.45) is 0 Å². The van der Waals surface area contributed by atoms with Crippen LogP contribution in [0.2, 0.25) is 5.02 Å². The molecule has 1 aromatic carbocycles. The first-order valence-corrected chi connectivity index (χ1v) is 10.3. The molecule has 5 nitrogen and oxygen atoms in total. The molecule has 2 fully saturated rings. The van der Waals surface area contributed by atoms with Crippen LogP contribution in [-0.2, 0) is 14.6 Å². The van der Waals surface area contributed by atoms with Crippen molar-refractivity contribution in [3.8, 4) is 0 Å². The zero-order valence-electron chi connectivity index (χ0n) is 13.6. The number of piperidine rings is 1. The first kappa shape index (κ1) is 17.7. The standard InChI is InChI=1S/C17H23ClN2O3S/c18-13-5-7-15(8-6-13)24(22,23)17(9-1-2-10-17)16(21)20-14-4-3-11-19-12-14/h5-8,14,19H,1-4,9-12H2,(H,20,21)/t14-/m0/s1. The summed E-state index contributed by atoms with van der Waals surface area (Å²) >= 11 is 5.87. The van der Waals surface area contributed by atoms with Crippen molar-refractivity contribution in [3.63, 3.8) is 0 Å². The lowest BCUT2D eigenvalue weighted by Crippen LogP contribution is -2.56. The van der Waals surface area contributed by atoms with Crippen LogP contribution in [0.4, 0.5) is 0 Å². The minimum absolute atomic E-state index is 0.00384. The molecule has 3 rings (SSSR count). The molecule has 1 heterocycles. The molecule has 24 heavy (non-hydrogen) atoms. The second-order valence-electron chi connectivity index (χ2n) is 6.68. The molecule has 2 N–H and O–H groups in total. The van der Waals surface area contributed by atoms with Gasteiger partial charge in [-0.15, -0.1) is 0 Å². The number of nitrogens with one attached hydrogen (secondary N) is 2. The Morgan fingerprint density at radius 3 is 2.42 bits per heavy atom. The van der Waals surface area contributed by atoms with Gasteiger partial charge in [0.05, 0.1) is 4.90 Å². The van der Waals surface area contributed by atoms with Crippen LogP contribution >= 0.6 is 11.6 Å². The van der Waals surface area contributed by atoms with E-state index in [1.807, 2.05) is 0 Å². The number of sulfone groups is 1. The second kappa shape index (κ2) is 7.02. The molecule has 7 heteroatoms. The fourth-order valence-corrected chi connectivity index (χ4v) is 5.90. The van der Waals surface area contributed by atoms with Gasteiger partial charge in [-0.25, -0.2) is 8.42 Å². The number of halogens is 1. The smallest absolute Gasteiger partial charge is 0.242 e. The third kappa shape index (κ3) is 3.19. The molecule has 1 saturated heterocycles. The summed E-state index contributed by atoms with van der Waals surface area (Å²) in [7, 11) is -3.76. The van der Waals surface area contributed by atoms with Crippen LogP contribution in [0.15, 0.2) is 29.2 Å². The second-order valence-corrected chi connectivity index (χ2v) is 9.37. The van der Waals surface area contributed by atoms with E-state index < -0.39 is 14.6 Å². The van der Waals surface area contributed by atoms with Crippen LogP contribution in [0.5, 0.6) is 0 Å². The Hall–Kier alpha value is -1.11. The van der Waals surface area contributed by atoms with Crippen LogP contribution in [0, 0.1) is 0 Å². The summed E-state index contributed by atoms with van der Waals surface area (Å²) in [6.45, 7) is 1.64. The first-order valence-electron chi connectivity index (χ1n) is 8.48. The first-order chi connectivity index (χ1) is 11.5. The Labute approximate surface area is 148 Å². The van der Waals surface area contributed by atoms with Crippen molar-refractivity contribution in [2.45, 2.75) is 54.2 Å². The quantitative estimate of drug-likeness (QED) is 0.852. The van der Waals surface area contributed by atoms with Gasteiger partial charge in [0.1, 0.15) is 0 Å². The van der Waals surface area contributed by atoms with Gasteiger partial charge in [-0.2, -0.15) is 0 Å². The molecule has 0 unspecified atom stereocenters. The van der Waals surface area contributed by atoms with Gasteiger partial charge in [-0.3, -0.25) is 4.79 Å². The summed E-state index contributed by atoms with van der Waals surface area (Å²) in [5, 5.41) is 6.70. The molecule has 1 aliphatic heterocycles. The van der Waals surface area contributed by atoms with Gasteiger partial charge in [0.15, 0.2) is 14.6 Å². The van der Waals surface area contributed by atoms with E-state index in [9.17, 15) is 13.2 Å². The van der Waals surface area contributed by atoms with Crippen LogP contribution in [0.25, 0.3) is 0 Å². The van der Waals surface area contributed by atoms with Crippen molar-refractivity contribution in [2.75, 3.05) is 13.1 Å². The van der Waals surface area contributed by atoms with Crippen molar-refractivity contribution >= 4 is 27.3 Å². The van der Waals surface area contributed by atoms with Gasteiger partial charge >= 0.3 is 0 Å². The largest absolute Gasteiger partial charge is 0.351 e. The summed E-state index contributed by atoms with van der Waals surface area (Å²) in [4.78, 5) is 13.2. The lowest BCUT2D eigenvalue weighted by Gasteiger charge is -2.31. The van der Waals surface area contributed by atoms with Crippen molar-refractivity contribution < 1.29 is 13.2 Å². The van der Waals surface area contributed by atoms with E-state index in [1.165, 1.54) is 12.1 Å². The molecule has 132 valence electrons. The summed E-state index contributed by atoms with van der Waals surface area (Å²) in [5.74, 6) is -0.344. The summed E-state index contributed by atoms with van der Waals surface area (Å²) in [6, 6.07) is 6.10. The molecule has 1 aromatic rings. The lowest BCUT2D eigenvalue weighted by atomic mass is 10.0. The van der Waals surface area contributed by atoms with E-state index in [4.69, 9.17) is 11.6 Å². The third-order valence-corrected chi connectivity index (χ3v) is 7.86. The molecule has 0 aromatic heterocycles. The van der Waals surface area contributed by atoms with Gasteiger partial charge in [0.25, 0.3) is 0 Å². The van der Waals surface area contributed by atoms with Gasteiger partial charge in [-0.1, -0.05) is 24.4 Å². The number of carbonyl (C=O) groups is 1. The molecule has 1 amide bonds. The Balaban J connectivity index is 1.89. The predicted octanol–water partition coefficient (Wildman–Crippen LogP) is 2.29. The summed E-state index contributed by atoms with van der Waals surface area (Å²) in [6.07, 6.45) is 4.14. The minimum Gasteiger partial charge on any atom is -0.351 e. The monoisotopic (exact) mass is 370 g/mol. The highest BCUT2D eigenvalue weighted by atomic mass is 35.5. The highest BCUT2D eigenvalue weighted by Gasteiger charge is 2.53. The van der Waals surface area contributed by atoms with Crippen LogP contribution < -0.4 is 10.6 Å². The highest BCUT2D eigenvalue weighted by Crippen LogP contribution is 2.41. The Kier molecular flexibility index (Phi) is 5.18. The molecule has 0 radical (unpaired) electrons. The van der Waals surface area contributed by atoms with E-state index in [2.05, 4.69) is 10.6 Å². The average molecular weight is 371 g/mol. The van der Waals surface area contributed by atoms with E-state index in [0.29, 0.717) is 24.4 Å². The lowest BCUT2D eigenvalue weighted by molar-refractivity contribution is -0.124. The maximum Gasteiger partial charge on any atom is 0.242 e. The van der Waals surface area contributed by atoms with Gasteiger partial charge in [-0.05, 0) is 56.5 Å². The van der Waals surface area contributed by atoms with Gasteiger partial charge < -0.3 is 10.6 Å². The van der Waals surface area contributed by atoms with Gasteiger partial charge in [0, 0.05) is 17.6 Å². The maximum absolute atomic E-state index is 13.2. The molecule has 1 saturated carbocycles. The summed E-state index contributed by atoms with van der Waals surface area (Å²) < 4.78 is 25.1. The fourth-order valence-electron chi connectivity index (χ4n) is 3.70. The molecule has 0 bridgehead atoms. The SMILES string of the molecule is O=C(N[C@H]1CCCNC1)C1(S(=O)(=O)c2ccc(Cl)cc2)CCCC1. The zero-order valence-corrected chi connectivity index (χ0v) is 15.1. The predicted molar refractivity (Wildman–Crippen MR) is 93.9 cm³/mol. The average Bonchev–Trinajstić information content (AvgIpc) is 3.08. The van der Waals surface area contributed by atoms with Crippen molar-refractivity contribution in [1.29, 1.82) is 0 Å². The summed E-state index contributed by atoms with van der Waals surface area (Å²) in [5.41, 5.74) is 0. The molecule has 1 aliphatic carbocycles. The number of hydrogen-bond acceptors (Lipinski definition) is 4. The number of rotatable bonds is 4. The van der Waals surface area contributed by atoms with E-state index in [-0.39, 0.29) is 16.8 Å².